The van der Waals surface area contributed by atoms with Gasteiger partial charge in [-0.3, -0.25) is 4.79 Å². The van der Waals surface area contributed by atoms with Gasteiger partial charge in [0.2, 0.25) is 0 Å². The molecule has 1 saturated heterocycles. The molecule has 1 aliphatic heterocycles. The molecule has 1 N–H and O–H groups in total. The molecule has 2 atom stereocenters. The first-order chi connectivity index (χ1) is 9.45. The first-order valence-corrected chi connectivity index (χ1v) is 7.46. The Bertz CT molecular complexity index is 457. The lowest BCUT2D eigenvalue weighted by molar-refractivity contribution is -0.151. The largest absolute Gasteiger partial charge is 0.481 e. The Morgan fingerprint density at radius 2 is 1.95 bits per heavy atom. The second-order valence-corrected chi connectivity index (χ2v) is 6.41. The standard InChI is InChI=1S/C17H25NO2/c1-13(2)17(16(19)20)9-10-18(12-17)11-14(3)15-7-5-4-6-8-15/h4-8,13-14H,9-12H2,1-3H3,(H,19,20). The van der Waals surface area contributed by atoms with E-state index in [2.05, 4.69) is 36.1 Å². The molecule has 0 radical (unpaired) electrons. The SMILES string of the molecule is CC(CN1CCC(C(=O)O)(C(C)C)C1)c1ccccc1. The van der Waals surface area contributed by atoms with Crippen LogP contribution >= 0.6 is 0 Å². The summed E-state index contributed by atoms with van der Waals surface area (Å²) in [7, 11) is 0. The quantitative estimate of drug-likeness (QED) is 0.897. The lowest BCUT2D eigenvalue weighted by Gasteiger charge is -2.29. The highest BCUT2D eigenvalue weighted by Gasteiger charge is 2.47. The summed E-state index contributed by atoms with van der Waals surface area (Å²) in [5, 5.41) is 9.58. The third-order valence-electron chi connectivity index (χ3n) is 4.81. The summed E-state index contributed by atoms with van der Waals surface area (Å²) in [5.74, 6) is -0.0210. The molecule has 3 heteroatoms. The molecule has 1 heterocycles. The molecule has 0 aliphatic carbocycles. The molecule has 3 nitrogen and oxygen atoms in total. The molecule has 1 aromatic carbocycles. The van der Waals surface area contributed by atoms with Gasteiger partial charge in [0, 0.05) is 13.1 Å². The van der Waals surface area contributed by atoms with Crippen molar-refractivity contribution in [2.75, 3.05) is 19.6 Å². The number of carboxylic acids is 1. The van der Waals surface area contributed by atoms with Gasteiger partial charge in [-0.25, -0.2) is 0 Å². The maximum Gasteiger partial charge on any atom is 0.311 e. The van der Waals surface area contributed by atoms with Crippen LogP contribution in [0.5, 0.6) is 0 Å². The van der Waals surface area contributed by atoms with Crippen LogP contribution in [0.2, 0.25) is 0 Å². The van der Waals surface area contributed by atoms with Gasteiger partial charge in [0.25, 0.3) is 0 Å². The van der Waals surface area contributed by atoms with Gasteiger partial charge in [-0.05, 0) is 30.4 Å². The molecule has 1 aliphatic rings. The average molecular weight is 275 g/mol. The predicted octanol–water partition coefficient (Wildman–Crippen LogP) is 3.22. The van der Waals surface area contributed by atoms with Crippen molar-refractivity contribution in [3.63, 3.8) is 0 Å². The van der Waals surface area contributed by atoms with Gasteiger partial charge in [0.05, 0.1) is 5.41 Å². The van der Waals surface area contributed by atoms with Gasteiger partial charge in [-0.1, -0.05) is 51.1 Å². The zero-order valence-electron chi connectivity index (χ0n) is 12.7. The summed E-state index contributed by atoms with van der Waals surface area (Å²) in [6.45, 7) is 8.77. The molecule has 110 valence electrons. The Kier molecular flexibility index (Phi) is 4.48. The lowest BCUT2D eigenvalue weighted by Crippen LogP contribution is -2.39. The molecule has 0 aromatic heterocycles. The maximum absolute atomic E-state index is 11.6. The smallest absolute Gasteiger partial charge is 0.311 e. The fraction of sp³-hybridized carbons (Fsp3) is 0.588. The normalized spacial score (nSPS) is 25.0. The Morgan fingerprint density at radius 3 is 2.45 bits per heavy atom. The monoisotopic (exact) mass is 275 g/mol. The zero-order chi connectivity index (χ0) is 14.8. The first-order valence-electron chi connectivity index (χ1n) is 7.46. The minimum Gasteiger partial charge on any atom is -0.481 e. The lowest BCUT2D eigenvalue weighted by atomic mass is 9.76. The van der Waals surface area contributed by atoms with Gasteiger partial charge < -0.3 is 10.0 Å². The average Bonchev–Trinajstić information content (AvgIpc) is 2.85. The van der Waals surface area contributed by atoms with E-state index >= 15 is 0 Å². The van der Waals surface area contributed by atoms with Gasteiger partial charge in [0.15, 0.2) is 0 Å². The van der Waals surface area contributed by atoms with Crippen LogP contribution < -0.4 is 0 Å². The third kappa shape index (κ3) is 2.88. The van der Waals surface area contributed by atoms with E-state index in [0.29, 0.717) is 12.5 Å². The van der Waals surface area contributed by atoms with Crippen LogP contribution in [0.1, 0.15) is 38.7 Å². The van der Waals surface area contributed by atoms with E-state index in [1.807, 2.05) is 19.9 Å². The van der Waals surface area contributed by atoms with Gasteiger partial charge in [-0.2, -0.15) is 0 Å². The van der Waals surface area contributed by atoms with Crippen molar-refractivity contribution in [1.29, 1.82) is 0 Å². The van der Waals surface area contributed by atoms with Crippen LogP contribution in [0.3, 0.4) is 0 Å². The highest BCUT2D eigenvalue weighted by Crippen LogP contribution is 2.38. The van der Waals surface area contributed by atoms with Crippen molar-refractivity contribution in [2.24, 2.45) is 11.3 Å². The minimum atomic E-state index is -0.637. The Balaban J connectivity index is 2.01. The number of hydrogen-bond acceptors (Lipinski definition) is 2. The molecule has 0 amide bonds. The van der Waals surface area contributed by atoms with Crippen LogP contribution in [0.25, 0.3) is 0 Å². The molecule has 1 aromatic rings. The summed E-state index contributed by atoms with van der Waals surface area (Å²) in [6, 6.07) is 10.4. The number of nitrogens with zero attached hydrogens (tertiary/aromatic N) is 1. The van der Waals surface area contributed by atoms with E-state index in [1.54, 1.807) is 0 Å². The molecule has 0 saturated carbocycles. The summed E-state index contributed by atoms with van der Waals surface area (Å²) in [5.41, 5.74) is 0.765. The molecular formula is C17H25NO2. The second-order valence-electron chi connectivity index (χ2n) is 6.41. The molecule has 1 fully saturated rings. The van der Waals surface area contributed by atoms with Crippen molar-refractivity contribution < 1.29 is 9.90 Å². The van der Waals surface area contributed by atoms with Crippen LogP contribution in [0.15, 0.2) is 30.3 Å². The van der Waals surface area contributed by atoms with Gasteiger partial charge >= 0.3 is 5.97 Å². The van der Waals surface area contributed by atoms with Crippen LogP contribution in [-0.2, 0) is 4.79 Å². The maximum atomic E-state index is 11.6. The highest BCUT2D eigenvalue weighted by atomic mass is 16.4. The van der Waals surface area contributed by atoms with E-state index in [9.17, 15) is 9.90 Å². The van der Waals surface area contributed by atoms with Gasteiger partial charge in [-0.15, -0.1) is 0 Å². The Hall–Kier alpha value is -1.35. The molecule has 2 rings (SSSR count). The summed E-state index contributed by atoms with van der Waals surface area (Å²) in [6.07, 6.45) is 0.765. The van der Waals surface area contributed by atoms with Crippen molar-refractivity contribution in [3.05, 3.63) is 35.9 Å². The van der Waals surface area contributed by atoms with Crippen molar-refractivity contribution in [2.45, 2.75) is 33.1 Å². The number of carboxylic acid groups (broad SMARTS) is 1. The van der Waals surface area contributed by atoms with E-state index < -0.39 is 11.4 Å². The minimum absolute atomic E-state index is 0.178. The van der Waals surface area contributed by atoms with Crippen molar-refractivity contribution in [1.82, 2.24) is 4.90 Å². The van der Waals surface area contributed by atoms with E-state index in [4.69, 9.17) is 0 Å². The van der Waals surface area contributed by atoms with E-state index in [-0.39, 0.29) is 5.92 Å². The first kappa shape index (κ1) is 15.0. The van der Waals surface area contributed by atoms with Gasteiger partial charge in [0.1, 0.15) is 0 Å². The van der Waals surface area contributed by atoms with Crippen molar-refractivity contribution >= 4 is 5.97 Å². The number of aliphatic carboxylic acids is 1. The Labute approximate surface area is 121 Å². The second kappa shape index (κ2) is 5.96. The third-order valence-corrected chi connectivity index (χ3v) is 4.81. The Morgan fingerprint density at radius 1 is 1.30 bits per heavy atom. The highest BCUT2D eigenvalue weighted by molar-refractivity contribution is 5.75. The number of hydrogen-bond donors (Lipinski definition) is 1. The summed E-state index contributed by atoms with van der Waals surface area (Å²) < 4.78 is 0. The van der Waals surface area contributed by atoms with Crippen LogP contribution in [-0.4, -0.2) is 35.6 Å². The molecule has 20 heavy (non-hydrogen) atoms. The van der Waals surface area contributed by atoms with Crippen molar-refractivity contribution in [3.8, 4) is 0 Å². The molecule has 0 spiro atoms. The summed E-state index contributed by atoms with van der Waals surface area (Å²) >= 11 is 0. The zero-order valence-corrected chi connectivity index (χ0v) is 12.7. The van der Waals surface area contributed by atoms with Crippen LogP contribution in [0, 0.1) is 11.3 Å². The fourth-order valence-electron chi connectivity index (χ4n) is 3.24. The molecular weight excluding hydrogens is 250 g/mol. The van der Waals surface area contributed by atoms with E-state index in [0.717, 1.165) is 19.5 Å². The summed E-state index contributed by atoms with van der Waals surface area (Å²) in [4.78, 5) is 14.0. The number of rotatable bonds is 5. The molecule has 2 unspecified atom stereocenters. The fourth-order valence-corrected chi connectivity index (χ4v) is 3.24. The predicted molar refractivity (Wildman–Crippen MR) is 80.8 cm³/mol. The van der Waals surface area contributed by atoms with Crippen LogP contribution in [0.4, 0.5) is 0 Å². The molecule has 0 bridgehead atoms. The number of benzene rings is 1. The topological polar surface area (TPSA) is 40.5 Å². The number of likely N-dealkylation sites (tertiary alicyclic amines) is 1. The number of carbonyl (C=O) groups is 1. The van der Waals surface area contributed by atoms with E-state index in [1.165, 1.54) is 5.56 Å².